The molecule has 1 amide bonds. The summed E-state index contributed by atoms with van der Waals surface area (Å²) in [5.41, 5.74) is 5.57. The average molecular weight is 184 g/mol. The minimum absolute atomic E-state index is 0.113. The van der Waals surface area contributed by atoms with Gasteiger partial charge in [0, 0.05) is 13.1 Å². The molecule has 3 heteroatoms. The summed E-state index contributed by atoms with van der Waals surface area (Å²) in [4.78, 5) is 13.5. The Morgan fingerprint density at radius 3 is 2.08 bits per heavy atom. The first-order valence-electron chi connectivity index (χ1n) is 5.26. The SMILES string of the molecule is C[C@@H](N)C(=O)N1CCCCCCC1. The zero-order valence-electron chi connectivity index (χ0n) is 8.46. The summed E-state index contributed by atoms with van der Waals surface area (Å²) in [5.74, 6) is 0.113. The second-order valence-corrected chi connectivity index (χ2v) is 3.88. The largest absolute Gasteiger partial charge is 0.341 e. The van der Waals surface area contributed by atoms with Crippen molar-refractivity contribution in [3.63, 3.8) is 0 Å². The molecule has 3 nitrogen and oxygen atoms in total. The molecule has 0 aliphatic carbocycles. The zero-order valence-corrected chi connectivity index (χ0v) is 8.46. The Morgan fingerprint density at radius 1 is 1.15 bits per heavy atom. The minimum atomic E-state index is -0.334. The summed E-state index contributed by atoms with van der Waals surface area (Å²) in [6.07, 6.45) is 6.10. The van der Waals surface area contributed by atoms with Gasteiger partial charge < -0.3 is 10.6 Å². The Balaban J connectivity index is 2.41. The second-order valence-electron chi connectivity index (χ2n) is 3.88. The Labute approximate surface area is 80.3 Å². The lowest BCUT2D eigenvalue weighted by Crippen LogP contribution is -2.43. The van der Waals surface area contributed by atoms with Gasteiger partial charge in [0.2, 0.25) is 5.91 Å². The molecule has 1 rings (SSSR count). The van der Waals surface area contributed by atoms with E-state index in [-0.39, 0.29) is 11.9 Å². The Bertz CT molecular complexity index is 160. The average Bonchev–Trinajstić information content (AvgIpc) is 2.02. The molecule has 0 unspecified atom stereocenters. The topological polar surface area (TPSA) is 46.3 Å². The molecule has 0 bridgehead atoms. The number of carbonyl (C=O) groups is 1. The van der Waals surface area contributed by atoms with Crippen LogP contribution in [0.15, 0.2) is 0 Å². The van der Waals surface area contributed by atoms with E-state index in [9.17, 15) is 4.79 Å². The molecule has 13 heavy (non-hydrogen) atoms. The van der Waals surface area contributed by atoms with E-state index in [1.165, 1.54) is 19.3 Å². The number of hydrogen-bond acceptors (Lipinski definition) is 2. The predicted molar refractivity (Wildman–Crippen MR) is 53.3 cm³/mol. The van der Waals surface area contributed by atoms with E-state index in [0.717, 1.165) is 25.9 Å². The van der Waals surface area contributed by atoms with Gasteiger partial charge in [-0.2, -0.15) is 0 Å². The molecule has 0 spiro atoms. The van der Waals surface area contributed by atoms with Crippen LogP contribution >= 0.6 is 0 Å². The number of rotatable bonds is 1. The van der Waals surface area contributed by atoms with Crippen molar-refractivity contribution >= 4 is 5.91 Å². The van der Waals surface area contributed by atoms with Crippen LogP contribution in [-0.2, 0) is 4.79 Å². The van der Waals surface area contributed by atoms with Gasteiger partial charge in [0.25, 0.3) is 0 Å². The third kappa shape index (κ3) is 3.35. The van der Waals surface area contributed by atoms with Gasteiger partial charge in [-0.1, -0.05) is 19.3 Å². The predicted octanol–water partition coefficient (Wildman–Crippen LogP) is 1.13. The normalized spacial score (nSPS) is 21.8. The van der Waals surface area contributed by atoms with Crippen molar-refractivity contribution < 1.29 is 4.79 Å². The van der Waals surface area contributed by atoms with Gasteiger partial charge in [0.1, 0.15) is 0 Å². The van der Waals surface area contributed by atoms with E-state index in [0.29, 0.717) is 0 Å². The Kier molecular flexibility index (Phi) is 4.22. The lowest BCUT2D eigenvalue weighted by molar-refractivity contribution is -0.132. The van der Waals surface area contributed by atoms with Gasteiger partial charge in [0.15, 0.2) is 0 Å². The molecule has 2 N–H and O–H groups in total. The van der Waals surface area contributed by atoms with E-state index in [4.69, 9.17) is 5.73 Å². The molecule has 1 aliphatic rings. The van der Waals surface area contributed by atoms with E-state index in [1.807, 2.05) is 4.90 Å². The van der Waals surface area contributed by atoms with Crippen molar-refractivity contribution in [1.82, 2.24) is 4.90 Å². The molecular weight excluding hydrogens is 164 g/mol. The third-order valence-electron chi connectivity index (χ3n) is 2.56. The van der Waals surface area contributed by atoms with Crippen LogP contribution in [0, 0.1) is 0 Å². The highest BCUT2D eigenvalue weighted by molar-refractivity contribution is 5.81. The molecule has 0 aromatic carbocycles. The summed E-state index contributed by atoms with van der Waals surface area (Å²) in [6.45, 7) is 3.57. The minimum Gasteiger partial charge on any atom is -0.341 e. The van der Waals surface area contributed by atoms with Crippen LogP contribution < -0.4 is 5.73 Å². The first-order valence-corrected chi connectivity index (χ1v) is 5.26. The number of carbonyl (C=O) groups excluding carboxylic acids is 1. The molecule has 0 saturated carbocycles. The smallest absolute Gasteiger partial charge is 0.239 e. The van der Waals surface area contributed by atoms with Gasteiger partial charge in [-0.3, -0.25) is 4.79 Å². The maximum Gasteiger partial charge on any atom is 0.239 e. The molecular formula is C10H20N2O. The number of nitrogens with zero attached hydrogens (tertiary/aromatic N) is 1. The summed E-state index contributed by atoms with van der Waals surface area (Å²) in [7, 11) is 0. The fraction of sp³-hybridized carbons (Fsp3) is 0.900. The first-order chi connectivity index (χ1) is 6.22. The molecule has 1 fully saturated rings. The highest BCUT2D eigenvalue weighted by atomic mass is 16.2. The van der Waals surface area contributed by atoms with Crippen molar-refractivity contribution in [1.29, 1.82) is 0 Å². The summed E-state index contributed by atoms with van der Waals surface area (Å²) >= 11 is 0. The van der Waals surface area contributed by atoms with E-state index in [2.05, 4.69) is 0 Å². The van der Waals surface area contributed by atoms with Crippen LogP contribution in [0.5, 0.6) is 0 Å². The van der Waals surface area contributed by atoms with Gasteiger partial charge in [-0.15, -0.1) is 0 Å². The van der Waals surface area contributed by atoms with Crippen molar-refractivity contribution in [3.8, 4) is 0 Å². The molecule has 0 aromatic heterocycles. The number of hydrogen-bond donors (Lipinski definition) is 1. The van der Waals surface area contributed by atoms with Crippen LogP contribution in [-0.4, -0.2) is 29.9 Å². The van der Waals surface area contributed by atoms with Crippen LogP contribution in [0.4, 0.5) is 0 Å². The first kappa shape index (κ1) is 10.5. The van der Waals surface area contributed by atoms with Crippen LogP contribution in [0.2, 0.25) is 0 Å². The van der Waals surface area contributed by atoms with Gasteiger partial charge >= 0.3 is 0 Å². The van der Waals surface area contributed by atoms with Crippen LogP contribution in [0.25, 0.3) is 0 Å². The van der Waals surface area contributed by atoms with Crippen LogP contribution in [0.3, 0.4) is 0 Å². The zero-order chi connectivity index (χ0) is 9.68. The quantitative estimate of drug-likeness (QED) is 0.664. The number of amides is 1. The lowest BCUT2D eigenvalue weighted by Gasteiger charge is -2.26. The van der Waals surface area contributed by atoms with Crippen molar-refractivity contribution in [3.05, 3.63) is 0 Å². The molecule has 0 radical (unpaired) electrons. The van der Waals surface area contributed by atoms with E-state index >= 15 is 0 Å². The third-order valence-corrected chi connectivity index (χ3v) is 2.56. The molecule has 1 saturated heterocycles. The highest BCUT2D eigenvalue weighted by Crippen LogP contribution is 2.10. The Morgan fingerprint density at radius 2 is 1.62 bits per heavy atom. The standard InChI is InChI=1S/C10H20N2O/c1-9(11)10(13)12-7-5-3-2-4-6-8-12/h9H,2-8,11H2,1H3/t9-/m1/s1. The van der Waals surface area contributed by atoms with Gasteiger partial charge in [-0.05, 0) is 19.8 Å². The highest BCUT2D eigenvalue weighted by Gasteiger charge is 2.17. The van der Waals surface area contributed by atoms with Gasteiger partial charge in [0.05, 0.1) is 6.04 Å². The molecule has 76 valence electrons. The van der Waals surface area contributed by atoms with Crippen molar-refractivity contribution in [2.75, 3.05) is 13.1 Å². The lowest BCUT2D eigenvalue weighted by atomic mass is 10.1. The summed E-state index contributed by atoms with van der Waals surface area (Å²) in [5, 5.41) is 0. The fourth-order valence-electron chi connectivity index (χ4n) is 1.76. The Hall–Kier alpha value is -0.570. The van der Waals surface area contributed by atoms with Gasteiger partial charge in [-0.25, -0.2) is 0 Å². The van der Waals surface area contributed by atoms with Crippen LogP contribution in [0.1, 0.15) is 39.0 Å². The van der Waals surface area contributed by atoms with Crippen molar-refractivity contribution in [2.24, 2.45) is 5.73 Å². The molecule has 1 aliphatic heterocycles. The van der Waals surface area contributed by atoms with E-state index in [1.54, 1.807) is 6.92 Å². The fourth-order valence-corrected chi connectivity index (χ4v) is 1.76. The summed E-state index contributed by atoms with van der Waals surface area (Å²) < 4.78 is 0. The molecule has 1 atom stereocenters. The second kappa shape index (κ2) is 5.22. The number of nitrogens with two attached hydrogens (primary N) is 1. The van der Waals surface area contributed by atoms with E-state index < -0.39 is 0 Å². The maximum absolute atomic E-state index is 11.6. The molecule has 0 aromatic rings. The number of likely N-dealkylation sites (tertiary alicyclic amines) is 1. The molecule has 1 heterocycles. The maximum atomic E-state index is 11.6. The summed E-state index contributed by atoms with van der Waals surface area (Å²) in [6, 6.07) is -0.334. The monoisotopic (exact) mass is 184 g/mol. The van der Waals surface area contributed by atoms with Crippen molar-refractivity contribution in [2.45, 2.75) is 45.1 Å².